The summed E-state index contributed by atoms with van der Waals surface area (Å²) in [5.74, 6) is -0.755. The Balaban J connectivity index is 2.44. The van der Waals surface area contributed by atoms with Crippen LogP contribution in [0, 0.1) is 5.92 Å². The highest BCUT2D eigenvalue weighted by atomic mass is 16.7. The van der Waals surface area contributed by atoms with Gasteiger partial charge in [0.05, 0.1) is 19.8 Å². The zero-order chi connectivity index (χ0) is 40.9. The fraction of sp³-hybridized carbons (Fsp3) is 0.913. The van der Waals surface area contributed by atoms with E-state index in [1.165, 1.54) is 64.2 Å². The van der Waals surface area contributed by atoms with Gasteiger partial charge in [-0.1, -0.05) is 136 Å². The molecular weight excluding hydrogens is 711 g/mol. The van der Waals surface area contributed by atoms with Crippen molar-refractivity contribution in [1.82, 2.24) is 4.90 Å². The molecule has 0 radical (unpaired) electrons. The van der Waals surface area contributed by atoms with E-state index in [9.17, 15) is 19.2 Å². The predicted molar refractivity (Wildman–Crippen MR) is 225 cm³/mol. The first-order valence-corrected chi connectivity index (χ1v) is 23.3. The van der Waals surface area contributed by atoms with Gasteiger partial charge in [0, 0.05) is 38.3 Å². The maximum Gasteiger partial charge on any atom is 0.508 e. The Hall–Kier alpha value is -2.36. The van der Waals surface area contributed by atoms with Crippen LogP contribution in [0.25, 0.3) is 0 Å². The highest BCUT2D eigenvalue weighted by Crippen LogP contribution is 2.19. The lowest BCUT2D eigenvalue weighted by Crippen LogP contribution is -2.26. The topological polar surface area (TPSA) is 118 Å². The largest absolute Gasteiger partial charge is 0.508 e. The molecule has 0 aromatic heterocycles. The minimum Gasteiger partial charge on any atom is -0.466 e. The van der Waals surface area contributed by atoms with E-state index in [0.29, 0.717) is 44.9 Å². The number of ether oxygens (including phenoxy) is 5. The maximum atomic E-state index is 12.6. The molecule has 0 spiro atoms. The number of rotatable bonds is 38. The normalized spacial score (nSPS) is 14.8. The lowest BCUT2D eigenvalue weighted by molar-refractivity contribution is -0.149. The quantitative estimate of drug-likeness (QED) is 0.0339. The molecule has 0 aliphatic carbocycles. The van der Waals surface area contributed by atoms with Gasteiger partial charge in [-0.25, -0.2) is 4.79 Å². The molecule has 0 amide bonds. The summed E-state index contributed by atoms with van der Waals surface area (Å²) in [5.41, 5.74) is 0. The Morgan fingerprint density at radius 1 is 0.536 bits per heavy atom. The molecule has 1 aliphatic rings. The van der Waals surface area contributed by atoms with Crippen molar-refractivity contribution in [2.45, 2.75) is 226 Å². The molecule has 0 N–H and O–H groups in total. The smallest absolute Gasteiger partial charge is 0.466 e. The molecular formula is C46H85NO9. The Labute approximate surface area is 342 Å². The molecule has 0 bridgehead atoms. The van der Waals surface area contributed by atoms with Crippen LogP contribution in [-0.2, 0) is 38.1 Å². The van der Waals surface area contributed by atoms with Crippen molar-refractivity contribution in [1.29, 1.82) is 0 Å². The number of carbonyl (C=O) groups excluding carboxylic acids is 4. The van der Waals surface area contributed by atoms with Gasteiger partial charge in [-0.2, -0.15) is 0 Å². The summed E-state index contributed by atoms with van der Waals surface area (Å²) in [5, 5.41) is 0. The molecule has 1 fully saturated rings. The third kappa shape index (κ3) is 31.7. The standard InChI is InChI=1S/C46H85NO9/c1-5-8-11-14-15-16-17-18-21-22-29-41(55-46(51)56-42-34-35-47(4)37-42)30-27-36-52-43(48)33-26-25-28-40(38-53-44(49)31-23-19-12-9-6-2)39-54-45(50)32-24-20-13-10-7-3/h40-42H,5-39H2,1-4H3/t41?,42-/m1/s1. The van der Waals surface area contributed by atoms with Crippen molar-refractivity contribution in [2.75, 3.05) is 40.0 Å². The number of hydrogen-bond donors (Lipinski definition) is 0. The number of likely N-dealkylation sites (tertiary alicyclic amines) is 1. The van der Waals surface area contributed by atoms with E-state index in [1.807, 2.05) is 7.05 Å². The van der Waals surface area contributed by atoms with E-state index in [0.717, 1.165) is 96.6 Å². The van der Waals surface area contributed by atoms with Crippen molar-refractivity contribution < 1.29 is 42.9 Å². The maximum absolute atomic E-state index is 12.6. The molecule has 56 heavy (non-hydrogen) atoms. The fourth-order valence-electron chi connectivity index (χ4n) is 7.21. The van der Waals surface area contributed by atoms with Gasteiger partial charge in [-0.15, -0.1) is 0 Å². The van der Waals surface area contributed by atoms with Crippen molar-refractivity contribution in [3.63, 3.8) is 0 Å². The summed E-state index contributed by atoms with van der Waals surface area (Å²) >= 11 is 0. The first-order valence-electron chi connectivity index (χ1n) is 23.3. The monoisotopic (exact) mass is 796 g/mol. The van der Waals surface area contributed by atoms with Crippen molar-refractivity contribution >= 4 is 24.1 Å². The predicted octanol–water partition coefficient (Wildman–Crippen LogP) is 11.8. The second kappa shape index (κ2) is 36.9. The molecule has 1 heterocycles. The van der Waals surface area contributed by atoms with Crippen molar-refractivity contribution in [3.05, 3.63) is 0 Å². The third-order valence-electron chi connectivity index (χ3n) is 10.9. The van der Waals surface area contributed by atoms with Crippen molar-refractivity contribution in [2.24, 2.45) is 5.92 Å². The molecule has 0 aromatic carbocycles. The van der Waals surface area contributed by atoms with Crippen LogP contribution in [0.2, 0.25) is 0 Å². The van der Waals surface area contributed by atoms with Gasteiger partial charge in [-0.05, 0) is 64.8 Å². The molecule has 0 aromatic rings. The van der Waals surface area contributed by atoms with E-state index in [2.05, 4.69) is 25.7 Å². The number of nitrogens with zero attached hydrogens (tertiary/aromatic N) is 1. The average Bonchev–Trinajstić information content (AvgIpc) is 3.59. The fourth-order valence-corrected chi connectivity index (χ4v) is 7.21. The Morgan fingerprint density at radius 3 is 1.46 bits per heavy atom. The average molecular weight is 796 g/mol. The Bertz CT molecular complexity index is 946. The summed E-state index contributed by atoms with van der Waals surface area (Å²) in [6.45, 7) is 8.95. The summed E-state index contributed by atoms with van der Waals surface area (Å²) in [6.07, 6.45) is 28.2. The molecule has 10 nitrogen and oxygen atoms in total. The first kappa shape index (κ1) is 51.7. The lowest BCUT2D eigenvalue weighted by Gasteiger charge is -2.19. The summed E-state index contributed by atoms with van der Waals surface area (Å²) in [6, 6.07) is 0. The lowest BCUT2D eigenvalue weighted by atomic mass is 10.0. The van der Waals surface area contributed by atoms with Crippen LogP contribution in [0.3, 0.4) is 0 Å². The number of carbonyl (C=O) groups is 4. The van der Waals surface area contributed by atoms with Crippen LogP contribution < -0.4 is 0 Å². The molecule has 328 valence electrons. The van der Waals surface area contributed by atoms with Gasteiger partial charge in [-0.3, -0.25) is 14.4 Å². The van der Waals surface area contributed by atoms with Crippen LogP contribution >= 0.6 is 0 Å². The van der Waals surface area contributed by atoms with Crippen LogP contribution in [0.15, 0.2) is 0 Å². The summed E-state index contributed by atoms with van der Waals surface area (Å²) < 4.78 is 28.1. The van der Waals surface area contributed by atoms with Crippen LogP contribution in [-0.4, -0.2) is 81.1 Å². The van der Waals surface area contributed by atoms with E-state index < -0.39 is 6.16 Å². The van der Waals surface area contributed by atoms with E-state index >= 15 is 0 Å². The summed E-state index contributed by atoms with van der Waals surface area (Å²) in [4.78, 5) is 52.1. The molecule has 0 saturated carbocycles. The van der Waals surface area contributed by atoms with E-state index in [1.54, 1.807) is 0 Å². The minimum absolute atomic E-state index is 0.104. The first-order chi connectivity index (χ1) is 27.3. The molecule has 1 unspecified atom stereocenters. The van der Waals surface area contributed by atoms with Gasteiger partial charge in [0.1, 0.15) is 12.2 Å². The Morgan fingerprint density at radius 2 is 0.964 bits per heavy atom. The van der Waals surface area contributed by atoms with E-state index in [-0.39, 0.29) is 55.9 Å². The van der Waals surface area contributed by atoms with Gasteiger partial charge in [0.15, 0.2) is 0 Å². The molecule has 1 aliphatic heterocycles. The van der Waals surface area contributed by atoms with Gasteiger partial charge < -0.3 is 28.6 Å². The van der Waals surface area contributed by atoms with Crippen LogP contribution in [0.1, 0.15) is 213 Å². The van der Waals surface area contributed by atoms with Gasteiger partial charge in [0.2, 0.25) is 0 Å². The number of likely N-dealkylation sites (N-methyl/N-ethyl adjacent to an activating group) is 1. The SMILES string of the molecule is CCCCCCCCCCCCC(CCCOC(=O)CCCCC(COC(=O)CCCCCCC)COC(=O)CCCCCCC)OC(=O)O[C@@H]1CCN(C)C1. The number of hydrogen-bond acceptors (Lipinski definition) is 10. The zero-order valence-electron chi connectivity index (χ0n) is 36.6. The highest BCUT2D eigenvalue weighted by molar-refractivity contribution is 5.70. The van der Waals surface area contributed by atoms with Gasteiger partial charge >= 0.3 is 24.1 Å². The second-order valence-corrected chi connectivity index (χ2v) is 16.4. The molecule has 1 saturated heterocycles. The van der Waals surface area contributed by atoms with Crippen LogP contribution in [0.5, 0.6) is 0 Å². The zero-order valence-corrected chi connectivity index (χ0v) is 36.6. The molecule has 10 heteroatoms. The van der Waals surface area contributed by atoms with Crippen molar-refractivity contribution in [3.8, 4) is 0 Å². The minimum atomic E-state index is -0.591. The third-order valence-corrected chi connectivity index (χ3v) is 10.9. The van der Waals surface area contributed by atoms with Gasteiger partial charge in [0.25, 0.3) is 0 Å². The molecule has 2 atom stereocenters. The highest BCUT2D eigenvalue weighted by Gasteiger charge is 2.25. The number of unbranched alkanes of at least 4 members (excludes halogenated alkanes) is 18. The van der Waals surface area contributed by atoms with Crippen LogP contribution in [0.4, 0.5) is 4.79 Å². The second-order valence-electron chi connectivity index (χ2n) is 16.4. The Kier molecular flexibility index (Phi) is 34.1. The summed E-state index contributed by atoms with van der Waals surface area (Å²) in [7, 11) is 2.02. The molecule has 1 rings (SSSR count). The number of esters is 3. The van der Waals surface area contributed by atoms with E-state index in [4.69, 9.17) is 23.7 Å².